The van der Waals surface area contributed by atoms with Gasteiger partial charge in [0.25, 0.3) is 0 Å². The van der Waals surface area contributed by atoms with Gasteiger partial charge in [0.2, 0.25) is 0 Å². The van der Waals surface area contributed by atoms with E-state index in [0.29, 0.717) is 6.42 Å². The van der Waals surface area contributed by atoms with E-state index in [1.807, 2.05) is 0 Å². The Hall–Kier alpha value is -0.650. The SMILES string of the molecule is CCC(CCCCCCCCCCCCCCC(=O)O)OCC(O)CO. The molecular formula is C21H42O5. The van der Waals surface area contributed by atoms with E-state index in [2.05, 4.69) is 6.92 Å². The van der Waals surface area contributed by atoms with Crippen LogP contribution in [0.5, 0.6) is 0 Å². The van der Waals surface area contributed by atoms with E-state index in [1.165, 1.54) is 64.2 Å². The van der Waals surface area contributed by atoms with Gasteiger partial charge in [-0.15, -0.1) is 0 Å². The lowest BCUT2D eigenvalue weighted by atomic mass is 10.0. The van der Waals surface area contributed by atoms with E-state index < -0.39 is 12.1 Å². The summed E-state index contributed by atoms with van der Waals surface area (Å²) in [5, 5.41) is 26.7. The first kappa shape index (κ1) is 25.4. The van der Waals surface area contributed by atoms with E-state index >= 15 is 0 Å². The Morgan fingerprint density at radius 3 is 1.73 bits per heavy atom. The molecule has 0 aromatic carbocycles. The van der Waals surface area contributed by atoms with Gasteiger partial charge in [-0.25, -0.2) is 0 Å². The van der Waals surface area contributed by atoms with Crippen molar-refractivity contribution in [1.29, 1.82) is 0 Å². The van der Waals surface area contributed by atoms with Crippen LogP contribution < -0.4 is 0 Å². The van der Waals surface area contributed by atoms with Crippen molar-refractivity contribution < 1.29 is 24.9 Å². The van der Waals surface area contributed by atoms with Crippen LogP contribution in [-0.2, 0) is 9.53 Å². The number of carboxylic acids is 1. The first-order valence-corrected chi connectivity index (χ1v) is 10.7. The molecule has 0 rings (SSSR count). The number of ether oxygens (including phenoxy) is 1. The highest BCUT2D eigenvalue weighted by Gasteiger charge is 2.09. The largest absolute Gasteiger partial charge is 0.481 e. The third-order valence-electron chi connectivity index (χ3n) is 4.86. The molecule has 0 fully saturated rings. The average molecular weight is 375 g/mol. The van der Waals surface area contributed by atoms with Crippen molar-refractivity contribution in [1.82, 2.24) is 0 Å². The standard InChI is InChI=1S/C21H42O5/c1-2-20(26-18-19(23)17-22)15-13-11-9-7-5-3-4-6-8-10-12-14-16-21(24)25/h19-20,22-23H,2-18H2,1H3,(H,24,25). The van der Waals surface area contributed by atoms with Gasteiger partial charge in [-0.2, -0.15) is 0 Å². The molecule has 0 heterocycles. The van der Waals surface area contributed by atoms with Crippen LogP contribution >= 0.6 is 0 Å². The fraction of sp³-hybridized carbons (Fsp3) is 0.952. The molecule has 0 saturated carbocycles. The number of aliphatic carboxylic acids is 1. The van der Waals surface area contributed by atoms with E-state index in [0.717, 1.165) is 25.7 Å². The van der Waals surface area contributed by atoms with E-state index in [4.69, 9.17) is 14.9 Å². The van der Waals surface area contributed by atoms with Gasteiger partial charge >= 0.3 is 5.97 Å². The maximum Gasteiger partial charge on any atom is 0.303 e. The fourth-order valence-corrected chi connectivity index (χ4v) is 3.12. The van der Waals surface area contributed by atoms with Crippen LogP contribution in [0.3, 0.4) is 0 Å². The molecule has 0 aliphatic heterocycles. The predicted octanol–water partition coefficient (Wildman–Crippen LogP) is 4.68. The van der Waals surface area contributed by atoms with Crippen LogP contribution in [-0.4, -0.2) is 46.7 Å². The highest BCUT2D eigenvalue weighted by Crippen LogP contribution is 2.15. The monoisotopic (exact) mass is 374 g/mol. The van der Waals surface area contributed by atoms with Crippen LogP contribution in [0.2, 0.25) is 0 Å². The van der Waals surface area contributed by atoms with Gasteiger partial charge in [0.15, 0.2) is 0 Å². The zero-order chi connectivity index (χ0) is 19.5. The van der Waals surface area contributed by atoms with Crippen LogP contribution in [0.1, 0.15) is 103 Å². The lowest BCUT2D eigenvalue weighted by Gasteiger charge is -2.17. The van der Waals surface area contributed by atoms with Gasteiger partial charge in [0.1, 0.15) is 6.10 Å². The minimum atomic E-state index is -0.756. The molecule has 0 aliphatic carbocycles. The van der Waals surface area contributed by atoms with Gasteiger partial charge in [-0.3, -0.25) is 4.79 Å². The summed E-state index contributed by atoms with van der Waals surface area (Å²) < 4.78 is 5.62. The van der Waals surface area contributed by atoms with Gasteiger partial charge in [0.05, 0.1) is 19.3 Å². The second-order valence-corrected chi connectivity index (χ2v) is 7.38. The molecule has 0 aromatic rings. The number of carbonyl (C=O) groups is 1. The molecule has 0 amide bonds. The van der Waals surface area contributed by atoms with Crippen molar-refractivity contribution in [2.75, 3.05) is 13.2 Å². The van der Waals surface area contributed by atoms with Crippen LogP contribution in [0.4, 0.5) is 0 Å². The first-order chi connectivity index (χ1) is 12.6. The molecule has 5 nitrogen and oxygen atoms in total. The number of aliphatic hydroxyl groups is 2. The van der Waals surface area contributed by atoms with Gasteiger partial charge in [-0.1, -0.05) is 77.6 Å². The van der Waals surface area contributed by atoms with Crippen molar-refractivity contribution >= 4 is 5.97 Å². The lowest BCUT2D eigenvalue weighted by molar-refractivity contribution is -0.137. The highest BCUT2D eigenvalue weighted by molar-refractivity contribution is 5.66. The minimum absolute atomic E-state index is 0.201. The van der Waals surface area contributed by atoms with Crippen LogP contribution in [0.15, 0.2) is 0 Å². The molecule has 3 N–H and O–H groups in total. The molecule has 0 radical (unpaired) electrons. The van der Waals surface area contributed by atoms with E-state index in [1.54, 1.807) is 0 Å². The zero-order valence-corrected chi connectivity index (χ0v) is 16.8. The summed E-state index contributed by atoms with van der Waals surface area (Å²) >= 11 is 0. The molecule has 0 aliphatic rings. The molecule has 26 heavy (non-hydrogen) atoms. The second kappa shape index (κ2) is 19.1. The number of hydrogen-bond acceptors (Lipinski definition) is 4. The number of unbranched alkanes of at least 4 members (excludes halogenated alkanes) is 11. The topological polar surface area (TPSA) is 87.0 Å². The number of rotatable bonds is 20. The van der Waals surface area contributed by atoms with Crippen molar-refractivity contribution in [2.24, 2.45) is 0 Å². The number of carboxylic acid groups (broad SMARTS) is 1. The quantitative estimate of drug-likeness (QED) is 0.269. The maximum absolute atomic E-state index is 10.4. The third kappa shape index (κ3) is 18.2. The molecule has 2 unspecified atom stereocenters. The Kier molecular flexibility index (Phi) is 18.6. The van der Waals surface area contributed by atoms with E-state index in [-0.39, 0.29) is 19.3 Å². The Morgan fingerprint density at radius 1 is 0.846 bits per heavy atom. The summed E-state index contributed by atoms with van der Waals surface area (Å²) in [6, 6.07) is 0. The van der Waals surface area contributed by atoms with Gasteiger partial charge < -0.3 is 20.1 Å². The fourth-order valence-electron chi connectivity index (χ4n) is 3.12. The minimum Gasteiger partial charge on any atom is -0.481 e. The summed E-state index contributed by atoms with van der Waals surface area (Å²) in [4.78, 5) is 10.4. The Morgan fingerprint density at radius 2 is 1.31 bits per heavy atom. The van der Waals surface area contributed by atoms with Crippen molar-refractivity contribution in [2.45, 2.75) is 115 Å². The average Bonchev–Trinajstić information content (AvgIpc) is 2.63. The van der Waals surface area contributed by atoms with Crippen LogP contribution in [0.25, 0.3) is 0 Å². The summed E-state index contributed by atoms with van der Waals surface area (Å²) in [7, 11) is 0. The second-order valence-electron chi connectivity index (χ2n) is 7.38. The van der Waals surface area contributed by atoms with Gasteiger partial charge in [-0.05, 0) is 19.3 Å². The Bertz CT molecular complexity index is 309. The normalized spacial score (nSPS) is 13.7. The molecule has 0 aromatic heterocycles. The van der Waals surface area contributed by atoms with Crippen molar-refractivity contribution in [3.05, 3.63) is 0 Å². The molecule has 0 saturated heterocycles. The Balaban J connectivity index is 3.26. The summed E-state index contributed by atoms with van der Waals surface area (Å²) in [6.45, 7) is 2.10. The van der Waals surface area contributed by atoms with Crippen molar-refractivity contribution in [3.63, 3.8) is 0 Å². The zero-order valence-electron chi connectivity index (χ0n) is 16.8. The number of hydrogen-bond donors (Lipinski definition) is 3. The predicted molar refractivity (Wildman–Crippen MR) is 105 cm³/mol. The molecule has 156 valence electrons. The first-order valence-electron chi connectivity index (χ1n) is 10.7. The van der Waals surface area contributed by atoms with Gasteiger partial charge in [0, 0.05) is 6.42 Å². The Labute approximate surface area is 160 Å². The molecule has 2 atom stereocenters. The summed E-state index contributed by atoms with van der Waals surface area (Å²) in [5.41, 5.74) is 0. The molecular weight excluding hydrogens is 332 g/mol. The molecule has 5 heteroatoms. The molecule has 0 spiro atoms. The highest BCUT2D eigenvalue weighted by atomic mass is 16.5. The lowest BCUT2D eigenvalue weighted by Crippen LogP contribution is -2.24. The van der Waals surface area contributed by atoms with Crippen LogP contribution in [0, 0.1) is 0 Å². The van der Waals surface area contributed by atoms with Crippen molar-refractivity contribution in [3.8, 4) is 0 Å². The third-order valence-corrected chi connectivity index (χ3v) is 4.86. The molecule has 0 bridgehead atoms. The summed E-state index contributed by atoms with van der Waals surface area (Å²) in [6.07, 6.45) is 16.2. The smallest absolute Gasteiger partial charge is 0.303 e. The number of aliphatic hydroxyl groups excluding tert-OH is 2. The maximum atomic E-state index is 10.4. The van der Waals surface area contributed by atoms with E-state index in [9.17, 15) is 9.90 Å². The summed E-state index contributed by atoms with van der Waals surface area (Å²) in [5.74, 6) is -0.678.